The van der Waals surface area contributed by atoms with Gasteiger partial charge in [0, 0.05) is 3.57 Å². The molecular weight excluding hydrogens is 328 g/mol. The minimum Gasteiger partial charge on any atom is -0.462 e. The standard InChI is InChI=1S/C10H7ClINO2/c1-2-15-10(14)9-6(5-13)8(12)4-3-7(9)11/h3-4H,2H2,1H3. The van der Waals surface area contributed by atoms with Gasteiger partial charge in [-0.3, -0.25) is 0 Å². The van der Waals surface area contributed by atoms with Crippen LogP contribution in [0.4, 0.5) is 0 Å². The monoisotopic (exact) mass is 335 g/mol. The van der Waals surface area contributed by atoms with Crippen molar-refractivity contribution in [3.63, 3.8) is 0 Å². The van der Waals surface area contributed by atoms with Gasteiger partial charge in [0.25, 0.3) is 0 Å². The van der Waals surface area contributed by atoms with E-state index in [0.29, 0.717) is 3.57 Å². The molecule has 0 saturated heterocycles. The lowest BCUT2D eigenvalue weighted by Gasteiger charge is -2.07. The number of hydrogen-bond acceptors (Lipinski definition) is 3. The molecule has 0 aliphatic heterocycles. The van der Waals surface area contributed by atoms with Crippen molar-refractivity contribution in [2.45, 2.75) is 6.92 Å². The Labute approximate surface area is 106 Å². The molecule has 1 aromatic rings. The predicted octanol–water partition coefficient (Wildman–Crippen LogP) is 2.99. The zero-order chi connectivity index (χ0) is 11.4. The van der Waals surface area contributed by atoms with E-state index in [1.165, 1.54) is 0 Å². The van der Waals surface area contributed by atoms with Crippen molar-refractivity contribution in [1.29, 1.82) is 5.26 Å². The third kappa shape index (κ3) is 2.61. The summed E-state index contributed by atoms with van der Waals surface area (Å²) >= 11 is 7.83. The summed E-state index contributed by atoms with van der Waals surface area (Å²) < 4.78 is 5.51. The van der Waals surface area contributed by atoms with Gasteiger partial charge < -0.3 is 4.74 Å². The van der Waals surface area contributed by atoms with Crippen molar-refractivity contribution in [1.82, 2.24) is 0 Å². The molecule has 0 amide bonds. The van der Waals surface area contributed by atoms with Crippen LogP contribution in [0.3, 0.4) is 0 Å². The van der Waals surface area contributed by atoms with Crippen molar-refractivity contribution in [3.05, 3.63) is 31.9 Å². The highest BCUT2D eigenvalue weighted by molar-refractivity contribution is 14.1. The average molecular weight is 336 g/mol. The molecule has 15 heavy (non-hydrogen) atoms. The van der Waals surface area contributed by atoms with Gasteiger partial charge in [0.15, 0.2) is 0 Å². The molecule has 0 N–H and O–H groups in total. The van der Waals surface area contributed by atoms with Crippen LogP contribution in [0.5, 0.6) is 0 Å². The van der Waals surface area contributed by atoms with E-state index >= 15 is 0 Å². The molecule has 0 fully saturated rings. The summed E-state index contributed by atoms with van der Waals surface area (Å²) in [7, 11) is 0. The van der Waals surface area contributed by atoms with Crippen LogP contribution in [0.25, 0.3) is 0 Å². The summed E-state index contributed by atoms with van der Waals surface area (Å²) in [6.45, 7) is 1.96. The number of hydrogen-bond donors (Lipinski definition) is 0. The molecule has 0 unspecified atom stereocenters. The minimum atomic E-state index is -0.558. The van der Waals surface area contributed by atoms with E-state index in [4.69, 9.17) is 21.6 Å². The van der Waals surface area contributed by atoms with Gasteiger partial charge >= 0.3 is 5.97 Å². The van der Waals surface area contributed by atoms with Gasteiger partial charge in [-0.2, -0.15) is 5.26 Å². The number of esters is 1. The quantitative estimate of drug-likeness (QED) is 0.617. The lowest BCUT2D eigenvalue weighted by atomic mass is 10.1. The molecule has 0 aromatic heterocycles. The van der Waals surface area contributed by atoms with Crippen molar-refractivity contribution in [2.75, 3.05) is 6.61 Å². The first-order valence-electron chi connectivity index (χ1n) is 4.17. The number of carbonyl (C=O) groups is 1. The minimum absolute atomic E-state index is 0.146. The Kier molecular flexibility index (Phi) is 4.36. The number of ether oxygens (including phenoxy) is 1. The number of carbonyl (C=O) groups excluding carboxylic acids is 1. The van der Waals surface area contributed by atoms with E-state index in [-0.39, 0.29) is 22.8 Å². The molecule has 0 atom stereocenters. The fraction of sp³-hybridized carbons (Fsp3) is 0.200. The lowest BCUT2D eigenvalue weighted by molar-refractivity contribution is 0.0526. The fourth-order valence-electron chi connectivity index (χ4n) is 1.06. The Bertz CT molecular complexity index is 440. The van der Waals surface area contributed by atoms with Gasteiger partial charge in [-0.05, 0) is 41.6 Å². The SMILES string of the molecule is CCOC(=O)c1c(Cl)ccc(I)c1C#N. The second-order valence-corrected chi connectivity index (χ2v) is 4.18. The molecule has 1 aromatic carbocycles. The topological polar surface area (TPSA) is 50.1 Å². The van der Waals surface area contributed by atoms with E-state index in [1.54, 1.807) is 19.1 Å². The summed E-state index contributed by atoms with van der Waals surface area (Å²) in [6, 6.07) is 5.22. The number of rotatable bonds is 2. The van der Waals surface area contributed by atoms with E-state index in [9.17, 15) is 4.79 Å². The largest absolute Gasteiger partial charge is 0.462 e. The van der Waals surface area contributed by atoms with Crippen molar-refractivity contribution in [3.8, 4) is 6.07 Å². The highest BCUT2D eigenvalue weighted by Gasteiger charge is 2.18. The van der Waals surface area contributed by atoms with Gasteiger partial charge in [0.1, 0.15) is 6.07 Å². The Morgan fingerprint density at radius 3 is 2.87 bits per heavy atom. The molecule has 0 aliphatic rings. The summed E-state index contributed by atoms with van der Waals surface area (Å²) in [5, 5.41) is 9.16. The molecule has 0 saturated carbocycles. The van der Waals surface area contributed by atoms with E-state index in [2.05, 4.69) is 0 Å². The van der Waals surface area contributed by atoms with Crippen LogP contribution in [-0.2, 0) is 4.74 Å². The van der Waals surface area contributed by atoms with E-state index in [0.717, 1.165) is 0 Å². The van der Waals surface area contributed by atoms with Crippen LogP contribution in [0, 0.1) is 14.9 Å². The number of nitrogens with zero attached hydrogens (tertiary/aromatic N) is 1. The third-order valence-corrected chi connectivity index (χ3v) is 2.91. The van der Waals surface area contributed by atoms with Crippen molar-refractivity contribution in [2.24, 2.45) is 0 Å². The maximum absolute atomic E-state index is 11.5. The predicted molar refractivity (Wildman–Crippen MR) is 64.8 cm³/mol. The smallest absolute Gasteiger partial charge is 0.341 e. The molecule has 0 bridgehead atoms. The lowest BCUT2D eigenvalue weighted by Crippen LogP contribution is -2.08. The normalized spacial score (nSPS) is 9.47. The Balaban J connectivity index is 3.33. The maximum Gasteiger partial charge on any atom is 0.341 e. The Morgan fingerprint density at radius 2 is 2.33 bits per heavy atom. The fourth-order valence-corrected chi connectivity index (χ4v) is 1.87. The zero-order valence-electron chi connectivity index (χ0n) is 7.88. The van der Waals surface area contributed by atoms with Crippen molar-refractivity contribution < 1.29 is 9.53 Å². The second-order valence-electron chi connectivity index (χ2n) is 2.61. The van der Waals surface area contributed by atoms with Crippen LogP contribution >= 0.6 is 34.2 Å². The molecule has 3 nitrogen and oxygen atoms in total. The summed E-state index contributed by atoms with van der Waals surface area (Å²) in [5.74, 6) is -0.558. The van der Waals surface area contributed by atoms with Crippen LogP contribution < -0.4 is 0 Å². The van der Waals surface area contributed by atoms with Gasteiger partial charge in [0.05, 0.1) is 22.8 Å². The summed E-state index contributed by atoms with van der Waals surface area (Å²) in [4.78, 5) is 11.5. The zero-order valence-corrected chi connectivity index (χ0v) is 10.8. The molecular formula is C10H7ClINO2. The molecule has 0 heterocycles. The van der Waals surface area contributed by atoms with E-state index < -0.39 is 5.97 Å². The van der Waals surface area contributed by atoms with Crippen LogP contribution in [-0.4, -0.2) is 12.6 Å². The number of nitriles is 1. The molecule has 1 rings (SSSR count). The van der Waals surface area contributed by atoms with Gasteiger partial charge in [-0.25, -0.2) is 4.79 Å². The number of benzene rings is 1. The molecule has 0 aliphatic carbocycles. The molecule has 0 spiro atoms. The Hall–Kier alpha value is -0.800. The van der Waals surface area contributed by atoms with Crippen LogP contribution in [0.2, 0.25) is 5.02 Å². The third-order valence-electron chi connectivity index (χ3n) is 1.70. The first-order chi connectivity index (χ1) is 7.11. The van der Waals surface area contributed by atoms with Crippen LogP contribution in [0.15, 0.2) is 12.1 Å². The first kappa shape index (κ1) is 12.3. The van der Waals surface area contributed by atoms with Gasteiger partial charge in [-0.1, -0.05) is 11.6 Å². The van der Waals surface area contributed by atoms with Crippen molar-refractivity contribution >= 4 is 40.2 Å². The number of halogens is 2. The molecule has 5 heteroatoms. The maximum atomic E-state index is 11.5. The molecule has 78 valence electrons. The summed E-state index contributed by atoms with van der Waals surface area (Å²) in [5.41, 5.74) is 0.412. The average Bonchev–Trinajstić information content (AvgIpc) is 2.21. The second kappa shape index (κ2) is 5.33. The summed E-state index contributed by atoms with van der Waals surface area (Å²) in [6.07, 6.45) is 0. The Morgan fingerprint density at radius 1 is 1.67 bits per heavy atom. The van der Waals surface area contributed by atoms with Gasteiger partial charge in [0.2, 0.25) is 0 Å². The highest BCUT2D eigenvalue weighted by Crippen LogP contribution is 2.25. The van der Waals surface area contributed by atoms with E-state index in [1.807, 2.05) is 28.7 Å². The first-order valence-corrected chi connectivity index (χ1v) is 5.62. The highest BCUT2D eigenvalue weighted by atomic mass is 127. The molecule has 0 radical (unpaired) electrons. The van der Waals surface area contributed by atoms with Gasteiger partial charge in [-0.15, -0.1) is 0 Å². The van der Waals surface area contributed by atoms with Crippen LogP contribution in [0.1, 0.15) is 22.8 Å².